The number of aromatic nitrogens is 1. The molecule has 0 saturated heterocycles. The molecule has 1 aromatic rings. The first-order valence-electron chi connectivity index (χ1n) is 6.23. The number of hydrogen-bond donors (Lipinski definition) is 1. The fourth-order valence-electron chi connectivity index (χ4n) is 1.41. The molecule has 0 bridgehead atoms. The van der Waals surface area contributed by atoms with Gasteiger partial charge in [-0.1, -0.05) is 13.8 Å². The van der Waals surface area contributed by atoms with Crippen molar-refractivity contribution in [2.75, 3.05) is 12.4 Å². The van der Waals surface area contributed by atoms with Gasteiger partial charge in [0, 0.05) is 4.88 Å². The molecule has 0 saturated carbocycles. The number of anilines is 1. The molecule has 7 heteroatoms. The molecule has 0 aliphatic rings. The van der Waals surface area contributed by atoms with Crippen LogP contribution in [0.2, 0.25) is 0 Å². The van der Waals surface area contributed by atoms with Crippen molar-refractivity contribution >= 4 is 28.5 Å². The Balaban J connectivity index is 2.92. The third kappa shape index (κ3) is 4.48. The maximum Gasteiger partial charge on any atom is 0.413 e. The number of esters is 1. The van der Waals surface area contributed by atoms with Crippen molar-refractivity contribution in [3.05, 3.63) is 10.6 Å². The second kappa shape index (κ2) is 6.21. The third-order valence-electron chi connectivity index (χ3n) is 2.16. The molecule has 1 rings (SSSR count). The van der Waals surface area contributed by atoms with Gasteiger partial charge in [0.05, 0.1) is 7.11 Å². The van der Waals surface area contributed by atoms with Crippen LogP contribution in [0.15, 0.2) is 0 Å². The van der Waals surface area contributed by atoms with Crippen LogP contribution in [-0.4, -0.2) is 29.8 Å². The summed E-state index contributed by atoms with van der Waals surface area (Å²) in [7, 11) is 1.30. The summed E-state index contributed by atoms with van der Waals surface area (Å²) in [5, 5.41) is 2.85. The van der Waals surface area contributed by atoms with E-state index in [0.29, 0.717) is 5.13 Å². The average molecular weight is 300 g/mol. The Kier molecular flexibility index (Phi) is 5.10. The van der Waals surface area contributed by atoms with E-state index in [0.717, 1.165) is 4.88 Å². The normalized spacial score (nSPS) is 11.3. The van der Waals surface area contributed by atoms with Gasteiger partial charge >= 0.3 is 12.1 Å². The Morgan fingerprint density at radius 2 is 1.90 bits per heavy atom. The lowest BCUT2D eigenvalue weighted by Gasteiger charge is -2.18. The van der Waals surface area contributed by atoms with Crippen LogP contribution in [0.3, 0.4) is 0 Å². The molecule has 1 N–H and O–H groups in total. The van der Waals surface area contributed by atoms with E-state index in [9.17, 15) is 9.59 Å². The van der Waals surface area contributed by atoms with Crippen LogP contribution in [0, 0.1) is 0 Å². The number of carbonyl (C=O) groups excluding carboxylic acids is 2. The number of thiazole rings is 1. The van der Waals surface area contributed by atoms with Crippen LogP contribution >= 0.6 is 11.3 Å². The molecule has 0 unspecified atom stereocenters. The molecule has 6 nitrogen and oxygen atoms in total. The molecule has 1 heterocycles. The molecular formula is C13H20N2O4S. The number of rotatable bonds is 3. The maximum atomic E-state index is 11.7. The highest BCUT2D eigenvalue weighted by atomic mass is 32.1. The van der Waals surface area contributed by atoms with Crippen LogP contribution in [0.5, 0.6) is 0 Å². The van der Waals surface area contributed by atoms with E-state index in [2.05, 4.69) is 15.0 Å². The van der Waals surface area contributed by atoms with Gasteiger partial charge in [0.15, 0.2) is 10.8 Å². The molecule has 0 spiro atoms. The van der Waals surface area contributed by atoms with Crippen LogP contribution in [0.1, 0.15) is 55.9 Å². The van der Waals surface area contributed by atoms with E-state index < -0.39 is 17.7 Å². The Labute approximate surface area is 122 Å². The first-order valence-corrected chi connectivity index (χ1v) is 7.04. The first kappa shape index (κ1) is 16.4. The number of hydrogen-bond acceptors (Lipinski definition) is 6. The third-order valence-corrected chi connectivity index (χ3v) is 3.44. The van der Waals surface area contributed by atoms with Crippen molar-refractivity contribution in [2.24, 2.45) is 0 Å². The van der Waals surface area contributed by atoms with Gasteiger partial charge in [0.2, 0.25) is 0 Å². The smallest absolute Gasteiger partial charge is 0.413 e. The fourth-order valence-corrected chi connectivity index (χ4v) is 2.35. The molecule has 1 amide bonds. The van der Waals surface area contributed by atoms with Crippen molar-refractivity contribution in [1.29, 1.82) is 0 Å². The summed E-state index contributed by atoms with van der Waals surface area (Å²) in [6.07, 6.45) is -0.599. The molecule has 0 aromatic carbocycles. The zero-order chi connectivity index (χ0) is 15.5. The highest BCUT2D eigenvalue weighted by Gasteiger charge is 2.23. The highest BCUT2D eigenvalue weighted by molar-refractivity contribution is 7.16. The van der Waals surface area contributed by atoms with Crippen molar-refractivity contribution < 1.29 is 19.1 Å². The van der Waals surface area contributed by atoms with Crippen LogP contribution < -0.4 is 5.32 Å². The molecule has 20 heavy (non-hydrogen) atoms. The second-order valence-electron chi connectivity index (χ2n) is 5.51. The molecule has 1 aromatic heterocycles. The topological polar surface area (TPSA) is 77.5 Å². The van der Waals surface area contributed by atoms with Gasteiger partial charge in [0.1, 0.15) is 5.60 Å². The number of ether oxygens (including phenoxy) is 2. The second-order valence-corrected chi connectivity index (χ2v) is 6.54. The van der Waals surface area contributed by atoms with E-state index in [1.54, 1.807) is 20.8 Å². The van der Waals surface area contributed by atoms with E-state index >= 15 is 0 Å². The summed E-state index contributed by atoms with van der Waals surface area (Å²) in [4.78, 5) is 28.2. The van der Waals surface area contributed by atoms with E-state index in [4.69, 9.17) is 4.74 Å². The molecule has 0 atom stereocenters. The number of nitrogens with one attached hydrogen (secondary N) is 1. The van der Waals surface area contributed by atoms with Gasteiger partial charge in [-0.25, -0.2) is 14.6 Å². The predicted octanol–water partition coefficient (Wildman–Crippen LogP) is 3.40. The quantitative estimate of drug-likeness (QED) is 0.866. The average Bonchev–Trinajstić information content (AvgIpc) is 2.69. The van der Waals surface area contributed by atoms with E-state index in [1.807, 2.05) is 13.8 Å². The number of amides is 1. The molecule has 0 aliphatic heterocycles. The van der Waals surface area contributed by atoms with Crippen LogP contribution in [-0.2, 0) is 9.47 Å². The summed E-state index contributed by atoms with van der Waals surface area (Å²) < 4.78 is 9.83. The molecule has 0 fully saturated rings. The summed E-state index contributed by atoms with van der Waals surface area (Å²) in [5.74, 6) is -0.405. The summed E-state index contributed by atoms with van der Waals surface area (Å²) in [6, 6.07) is 0. The van der Waals surface area contributed by atoms with Crippen molar-refractivity contribution in [1.82, 2.24) is 4.98 Å². The van der Waals surface area contributed by atoms with E-state index in [-0.39, 0.29) is 11.6 Å². The molecule has 112 valence electrons. The first-order chi connectivity index (χ1) is 9.14. The van der Waals surface area contributed by atoms with Gasteiger partial charge < -0.3 is 9.47 Å². The summed E-state index contributed by atoms with van der Waals surface area (Å²) in [6.45, 7) is 9.20. The van der Waals surface area contributed by atoms with Crippen molar-refractivity contribution in [2.45, 2.75) is 46.1 Å². The number of nitrogens with zero attached hydrogens (tertiary/aromatic N) is 1. The largest absolute Gasteiger partial charge is 0.464 e. The molecule has 0 radical (unpaired) electrons. The Bertz CT molecular complexity index is 503. The van der Waals surface area contributed by atoms with Gasteiger partial charge in [-0.3, -0.25) is 5.32 Å². The van der Waals surface area contributed by atoms with Gasteiger partial charge in [0.25, 0.3) is 0 Å². The summed E-state index contributed by atoms with van der Waals surface area (Å²) >= 11 is 1.24. The molecular weight excluding hydrogens is 280 g/mol. The Hall–Kier alpha value is -1.63. The minimum Gasteiger partial charge on any atom is -0.464 e. The standard InChI is InChI=1S/C13H20N2O4S/c1-7(2)9-8(10(16)18-6)14-11(20-9)15-12(17)19-13(3,4)5/h7H,1-6H3,(H,14,15,17). The lowest BCUT2D eigenvalue weighted by atomic mass is 10.1. The zero-order valence-electron chi connectivity index (χ0n) is 12.6. The number of carbonyl (C=O) groups is 2. The Morgan fingerprint density at radius 1 is 1.30 bits per heavy atom. The monoisotopic (exact) mass is 300 g/mol. The zero-order valence-corrected chi connectivity index (χ0v) is 13.4. The maximum absolute atomic E-state index is 11.7. The van der Waals surface area contributed by atoms with E-state index in [1.165, 1.54) is 18.4 Å². The predicted molar refractivity (Wildman–Crippen MR) is 77.4 cm³/mol. The molecule has 0 aliphatic carbocycles. The lowest BCUT2D eigenvalue weighted by molar-refractivity contribution is 0.0589. The van der Waals surface area contributed by atoms with Gasteiger partial charge in [-0.05, 0) is 26.7 Å². The Morgan fingerprint density at radius 3 is 2.35 bits per heavy atom. The van der Waals surface area contributed by atoms with Crippen molar-refractivity contribution in [3.63, 3.8) is 0 Å². The van der Waals surface area contributed by atoms with Crippen LogP contribution in [0.25, 0.3) is 0 Å². The van der Waals surface area contributed by atoms with Gasteiger partial charge in [-0.2, -0.15) is 0 Å². The van der Waals surface area contributed by atoms with Crippen LogP contribution in [0.4, 0.5) is 9.93 Å². The summed E-state index contributed by atoms with van der Waals surface area (Å²) in [5.41, 5.74) is -0.355. The SMILES string of the molecule is COC(=O)c1nc(NC(=O)OC(C)(C)C)sc1C(C)C. The minimum absolute atomic E-state index is 0.107. The fraction of sp³-hybridized carbons (Fsp3) is 0.615. The lowest BCUT2D eigenvalue weighted by Crippen LogP contribution is -2.27. The number of methoxy groups -OCH3 is 1. The van der Waals surface area contributed by atoms with Crippen molar-refractivity contribution in [3.8, 4) is 0 Å². The minimum atomic E-state index is -0.599. The highest BCUT2D eigenvalue weighted by Crippen LogP contribution is 2.30. The van der Waals surface area contributed by atoms with Gasteiger partial charge in [-0.15, -0.1) is 11.3 Å².